The van der Waals surface area contributed by atoms with Gasteiger partial charge in [0.2, 0.25) is 0 Å². The minimum absolute atomic E-state index is 1.09. The van der Waals surface area contributed by atoms with Gasteiger partial charge in [0.05, 0.1) is 16.7 Å². The van der Waals surface area contributed by atoms with Crippen molar-refractivity contribution in [3.8, 4) is 50.2 Å². The molecule has 0 bridgehead atoms. The summed E-state index contributed by atoms with van der Waals surface area (Å²) in [5.41, 5.74) is 16.6. The molecule has 0 unspecified atom stereocenters. The first-order valence-corrected chi connectivity index (χ1v) is 25.1. The number of rotatable bonds is 8. The van der Waals surface area contributed by atoms with Crippen LogP contribution in [0, 0.1) is 0 Å². The van der Waals surface area contributed by atoms with Crippen LogP contribution in [0.15, 0.2) is 267 Å². The first-order chi connectivity index (χ1) is 35.2. The highest BCUT2D eigenvalue weighted by Gasteiger charge is 2.23. The topological polar surface area (TPSA) is 8.17 Å². The van der Waals surface area contributed by atoms with E-state index in [1.807, 2.05) is 11.3 Å². The van der Waals surface area contributed by atoms with Gasteiger partial charge >= 0.3 is 0 Å². The Hall–Kier alpha value is -9.02. The number of anilines is 3. The zero-order valence-corrected chi connectivity index (χ0v) is 39.5. The Balaban J connectivity index is 0.938. The summed E-state index contributed by atoms with van der Waals surface area (Å²) in [4.78, 5) is 2.47. The molecule has 0 saturated carbocycles. The molecule has 0 amide bonds. The van der Waals surface area contributed by atoms with E-state index in [4.69, 9.17) is 0 Å². The van der Waals surface area contributed by atoms with Gasteiger partial charge < -0.3 is 9.47 Å². The number of para-hydroxylation sites is 2. The number of hydrogen-bond acceptors (Lipinski definition) is 2. The van der Waals surface area contributed by atoms with Gasteiger partial charge in [-0.3, -0.25) is 0 Å². The third-order valence-electron chi connectivity index (χ3n) is 14.4. The van der Waals surface area contributed by atoms with E-state index in [9.17, 15) is 0 Å². The molecule has 3 heteroatoms. The van der Waals surface area contributed by atoms with Gasteiger partial charge in [0.15, 0.2) is 0 Å². The van der Waals surface area contributed by atoms with Gasteiger partial charge in [-0.25, -0.2) is 0 Å². The summed E-state index contributed by atoms with van der Waals surface area (Å²) >= 11 is 1.89. The Morgan fingerprint density at radius 2 is 0.887 bits per heavy atom. The molecular weight excluding hydrogens is 877 g/mol. The Morgan fingerprint density at radius 1 is 0.310 bits per heavy atom. The van der Waals surface area contributed by atoms with Crippen LogP contribution in [0.2, 0.25) is 0 Å². The predicted molar refractivity (Wildman–Crippen MR) is 305 cm³/mol. The van der Waals surface area contributed by atoms with Gasteiger partial charge in [-0.2, -0.15) is 0 Å². The Bertz CT molecular complexity index is 4330. The maximum Gasteiger partial charge on any atom is 0.0555 e. The van der Waals surface area contributed by atoms with Crippen molar-refractivity contribution in [1.29, 1.82) is 0 Å². The van der Waals surface area contributed by atoms with E-state index >= 15 is 0 Å². The zero-order chi connectivity index (χ0) is 46.8. The molecule has 0 N–H and O–H groups in total. The second-order valence-electron chi connectivity index (χ2n) is 18.4. The van der Waals surface area contributed by atoms with Crippen LogP contribution in [0.3, 0.4) is 0 Å². The standard InChI is InChI=1S/C68H44N2S/c1-2-20-51(21-3-1)70-62-29-12-10-25-60(62)66-58(28-15-30-63(66)70)56-24-9-8-23-55(56)48-36-40-53(41-37-48)69(52-38-34-46(35-39-52)50-33-32-45-16-4-5-18-49(45)44-50)64-43-42-59(57-27-14-19-47-17-6-7-22-54(47)57)68-67(64)61-26-11-13-31-65(61)71-68/h1-44H. The highest BCUT2D eigenvalue weighted by atomic mass is 32.1. The molecule has 0 atom stereocenters. The fourth-order valence-corrected chi connectivity index (χ4v) is 12.4. The van der Waals surface area contributed by atoms with E-state index in [0.717, 1.165) is 28.3 Å². The van der Waals surface area contributed by atoms with E-state index in [0.29, 0.717) is 0 Å². The molecule has 0 aliphatic heterocycles. The van der Waals surface area contributed by atoms with Crippen molar-refractivity contribution in [3.05, 3.63) is 267 Å². The number of benzene rings is 12. The van der Waals surface area contributed by atoms with Crippen LogP contribution in [-0.4, -0.2) is 4.57 Å². The number of hydrogen-bond donors (Lipinski definition) is 0. The van der Waals surface area contributed by atoms with E-state index in [1.54, 1.807) is 0 Å². The summed E-state index contributed by atoms with van der Waals surface area (Å²) in [5, 5.41) is 10.0. The smallest absolute Gasteiger partial charge is 0.0555 e. The molecule has 2 heterocycles. The fraction of sp³-hybridized carbons (Fsp3) is 0. The van der Waals surface area contributed by atoms with Crippen LogP contribution >= 0.6 is 11.3 Å². The molecule has 71 heavy (non-hydrogen) atoms. The quantitative estimate of drug-likeness (QED) is 0.147. The van der Waals surface area contributed by atoms with E-state index in [-0.39, 0.29) is 0 Å². The van der Waals surface area contributed by atoms with Gasteiger partial charge in [0, 0.05) is 53.6 Å². The van der Waals surface area contributed by atoms with Crippen molar-refractivity contribution in [2.75, 3.05) is 4.90 Å². The van der Waals surface area contributed by atoms with E-state index in [1.165, 1.54) is 102 Å². The van der Waals surface area contributed by atoms with Crippen LogP contribution in [0.25, 0.3) is 114 Å². The molecule has 0 spiro atoms. The van der Waals surface area contributed by atoms with Gasteiger partial charge in [-0.05, 0) is 127 Å². The molecule has 14 rings (SSSR count). The molecule has 332 valence electrons. The molecule has 0 aliphatic carbocycles. The molecule has 0 aliphatic rings. The SMILES string of the molecule is c1ccc(-n2c3ccccc3c3c(-c4ccccc4-c4ccc(N(c5ccc(-c6ccc7ccccc7c6)cc5)c5ccc(-c6cccc7ccccc67)c6sc7ccccc7c56)cc4)cccc32)cc1. The predicted octanol–water partition coefficient (Wildman–Crippen LogP) is 19.6. The first-order valence-electron chi connectivity index (χ1n) is 24.3. The average molecular weight is 921 g/mol. The van der Waals surface area contributed by atoms with Gasteiger partial charge in [0.25, 0.3) is 0 Å². The summed E-state index contributed by atoms with van der Waals surface area (Å²) in [6.45, 7) is 0. The Labute approximate surface area is 416 Å². The molecule has 2 aromatic heterocycles. The van der Waals surface area contributed by atoms with E-state index < -0.39 is 0 Å². The van der Waals surface area contributed by atoms with Crippen LogP contribution in [0.1, 0.15) is 0 Å². The Kier molecular flexibility index (Phi) is 9.75. The van der Waals surface area contributed by atoms with Crippen molar-refractivity contribution in [2.45, 2.75) is 0 Å². The van der Waals surface area contributed by atoms with Crippen LogP contribution in [0.5, 0.6) is 0 Å². The lowest BCUT2D eigenvalue weighted by atomic mass is 9.91. The maximum absolute atomic E-state index is 2.47. The number of aromatic nitrogens is 1. The van der Waals surface area contributed by atoms with E-state index in [2.05, 4.69) is 276 Å². The molecule has 0 saturated heterocycles. The third-order valence-corrected chi connectivity index (χ3v) is 15.6. The second kappa shape index (κ2) is 16.9. The highest BCUT2D eigenvalue weighted by Crippen LogP contribution is 2.50. The van der Waals surface area contributed by atoms with Gasteiger partial charge in [0.1, 0.15) is 0 Å². The highest BCUT2D eigenvalue weighted by molar-refractivity contribution is 7.26. The number of fused-ring (bicyclic) bond motifs is 8. The summed E-state index contributed by atoms with van der Waals surface area (Å²) in [7, 11) is 0. The molecule has 0 radical (unpaired) electrons. The third kappa shape index (κ3) is 6.85. The molecule has 2 nitrogen and oxygen atoms in total. The van der Waals surface area contributed by atoms with Crippen molar-refractivity contribution >= 4 is 91.9 Å². The summed E-state index contributed by atoms with van der Waals surface area (Å²) in [6, 6.07) is 97.9. The second-order valence-corrected chi connectivity index (χ2v) is 19.4. The fourth-order valence-electron chi connectivity index (χ4n) is 11.1. The lowest BCUT2D eigenvalue weighted by Crippen LogP contribution is -2.10. The van der Waals surface area contributed by atoms with Crippen LogP contribution in [-0.2, 0) is 0 Å². The molecule has 12 aromatic carbocycles. The molecule has 14 aromatic rings. The minimum Gasteiger partial charge on any atom is -0.310 e. The van der Waals surface area contributed by atoms with Crippen molar-refractivity contribution in [1.82, 2.24) is 4.57 Å². The number of nitrogens with zero attached hydrogens (tertiary/aromatic N) is 2. The average Bonchev–Trinajstić information content (AvgIpc) is 4.01. The summed E-state index contributed by atoms with van der Waals surface area (Å²) < 4.78 is 4.96. The van der Waals surface area contributed by atoms with Crippen LogP contribution < -0.4 is 4.90 Å². The molecule has 0 fully saturated rings. The lowest BCUT2D eigenvalue weighted by molar-refractivity contribution is 1.18. The largest absolute Gasteiger partial charge is 0.310 e. The lowest BCUT2D eigenvalue weighted by Gasteiger charge is -2.27. The number of thiophene rings is 1. The van der Waals surface area contributed by atoms with Crippen molar-refractivity contribution < 1.29 is 0 Å². The Morgan fingerprint density at radius 3 is 1.70 bits per heavy atom. The molecular formula is C68H44N2S. The zero-order valence-electron chi connectivity index (χ0n) is 38.7. The maximum atomic E-state index is 2.47. The normalized spacial score (nSPS) is 11.7. The summed E-state index contributed by atoms with van der Waals surface area (Å²) in [6.07, 6.45) is 0. The minimum atomic E-state index is 1.09. The van der Waals surface area contributed by atoms with Crippen molar-refractivity contribution in [3.63, 3.8) is 0 Å². The summed E-state index contributed by atoms with van der Waals surface area (Å²) in [5.74, 6) is 0. The van der Waals surface area contributed by atoms with Crippen LogP contribution in [0.4, 0.5) is 17.1 Å². The van der Waals surface area contributed by atoms with Gasteiger partial charge in [-0.1, -0.05) is 200 Å². The van der Waals surface area contributed by atoms with Gasteiger partial charge in [-0.15, -0.1) is 11.3 Å². The monoisotopic (exact) mass is 920 g/mol. The first kappa shape index (κ1) is 41.0. The van der Waals surface area contributed by atoms with Crippen molar-refractivity contribution in [2.24, 2.45) is 0 Å².